The molecule has 0 aliphatic carbocycles. The van der Waals surface area contributed by atoms with Gasteiger partial charge in [0, 0.05) is 46.5 Å². The molecule has 1 aromatic heterocycles. The van der Waals surface area contributed by atoms with E-state index in [1.807, 2.05) is 0 Å². The van der Waals surface area contributed by atoms with Crippen LogP contribution in [-0.4, -0.2) is 14.0 Å². The highest BCUT2D eigenvalue weighted by atomic mass is 127. The highest BCUT2D eigenvalue weighted by Gasteiger charge is 2.21. The van der Waals surface area contributed by atoms with Crippen LogP contribution in [0.5, 0.6) is 0 Å². The van der Waals surface area contributed by atoms with Gasteiger partial charge >= 0.3 is 0 Å². The average Bonchev–Trinajstić information content (AvgIpc) is 3.87. The van der Waals surface area contributed by atoms with Gasteiger partial charge < -0.3 is 4.57 Å². The molecule has 0 radical (unpaired) electrons. The second-order valence-electron chi connectivity index (χ2n) is 15.3. The van der Waals surface area contributed by atoms with Crippen LogP contribution in [0.1, 0.15) is 11.1 Å². The van der Waals surface area contributed by atoms with Crippen molar-refractivity contribution in [1.29, 1.82) is 0 Å². The quantitative estimate of drug-likeness (QED) is 0.0905. The Morgan fingerprint density at radius 1 is 0.356 bits per heavy atom. The number of hydrogen-bond acceptors (Lipinski definition) is 2. The summed E-state index contributed by atoms with van der Waals surface area (Å²) < 4.78 is 10.2. The zero-order valence-corrected chi connectivity index (χ0v) is 34.2. The summed E-state index contributed by atoms with van der Waals surface area (Å²) in [7, 11) is 0. The Balaban J connectivity index is 1.11. The average molecular weight is 866 g/mol. The predicted molar refractivity (Wildman–Crippen MR) is 260 cm³/mol. The number of amidine groups is 1. The van der Waals surface area contributed by atoms with E-state index in [1.165, 1.54) is 87.1 Å². The normalized spacial score (nSPS) is 13.3. The topological polar surface area (TPSA) is 29.6 Å². The minimum absolute atomic E-state index is 0.791. The molecule has 2 heterocycles. The van der Waals surface area contributed by atoms with Crippen molar-refractivity contribution >= 4 is 93.5 Å². The molecule has 3 nitrogen and oxygen atoms in total. The lowest BCUT2D eigenvalue weighted by molar-refractivity contribution is 1.01. The van der Waals surface area contributed by atoms with Crippen LogP contribution in [0, 0.1) is 0 Å². The fourth-order valence-electron chi connectivity index (χ4n) is 9.09. The van der Waals surface area contributed by atoms with E-state index in [1.54, 1.807) is 0 Å². The lowest BCUT2D eigenvalue weighted by Crippen LogP contribution is -2.00. The lowest BCUT2D eigenvalue weighted by atomic mass is 9.91. The molecular weight excluding hydrogens is 830 g/mol. The number of aromatic nitrogens is 1. The van der Waals surface area contributed by atoms with E-state index in [0.717, 1.165) is 25.1 Å². The number of alkyl halides is 1. The molecule has 59 heavy (non-hydrogen) atoms. The number of benzene rings is 10. The first-order chi connectivity index (χ1) is 29.2. The number of hydrogen-bond donors (Lipinski definition) is 0. The van der Waals surface area contributed by atoms with E-state index in [-0.39, 0.29) is 0 Å². The zero-order chi connectivity index (χ0) is 38.9. The van der Waals surface area contributed by atoms with E-state index in [4.69, 9.17) is 8.14 Å². The van der Waals surface area contributed by atoms with Gasteiger partial charge in [0.15, 0.2) is 5.84 Å². The van der Waals surface area contributed by atoms with Gasteiger partial charge in [0.05, 0.1) is 15.6 Å². The van der Waals surface area contributed by atoms with Crippen molar-refractivity contribution in [3.63, 3.8) is 0 Å². The van der Waals surface area contributed by atoms with Crippen molar-refractivity contribution in [1.82, 2.24) is 4.57 Å². The van der Waals surface area contributed by atoms with Crippen molar-refractivity contribution in [2.24, 2.45) is 8.14 Å². The maximum Gasteiger partial charge on any atom is 0.165 e. The van der Waals surface area contributed by atoms with Gasteiger partial charge in [-0.15, -0.1) is 0 Å². The third-order valence-corrected chi connectivity index (χ3v) is 16.3. The molecular formula is C55H36IN3. The maximum atomic E-state index is 5.67. The largest absolute Gasteiger partial charge is 0.330 e. The standard InChI is InChI=1S/C55H36IN3/c1-3-14-36(15-4-1)38-26-28-39(29-27-38)55-57-54(43-21-13-20-40(32-43)37-16-5-2-6-17-37)56(58-55)35-59-50-31-30-48-46-24-10-9-22-44(46)45-23-11-12-25-47(45)52(48)53(50)49-33-41-18-7-8-19-42(41)34-51(49)59/h1-34H,35H2. The molecule has 10 aromatic carbocycles. The first kappa shape index (κ1) is 34.2. The van der Waals surface area contributed by atoms with Crippen LogP contribution in [0.2, 0.25) is 0 Å². The molecule has 0 amide bonds. The fraction of sp³-hybridized carbons (Fsp3) is 0.0182. The second kappa shape index (κ2) is 13.9. The maximum absolute atomic E-state index is 5.67. The van der Waals surface area contributed by atoms with E-state index < -0.39 is 19.2 Å². The van der Waals surface area contributed by atoms with Crippen molar-refractivity contribution in [3.05, 3.63) is 217 Å². The molecule has 0 fully saturated rings. The SMILES string of the molecule is c1ccc(-c2ccc(C3=NC(c4cccc(-c5ccccc5)c4)=I(Cn4c5cc6ccccc6cc5c5c6c7ccccc7c7ccccc7c6ccc54)=N3)cc2)cc1. The minimum Gasteiger partial charge on any atom is -0.330 e. The van der Waals surface area contributed by atoms with Crippen LogP contribution in [0.25, 0.3) is 87.1 Å². The van der Waals surface area contributed by atoms with Crippen LogP contribution in [0.4, 0.5) is 0 Å². The zero-order valence-electron chi connectivity index (χ0n) is 32.1. The number of aliphatic imine (C=N–C) groups is 1. The number of fused-ring (bicyclic) bond motifs is 11. The summed E-state index contributed by atoms with van der Waals surface area (Å²) in [5.74, 6) is 0.837. The highest BCUT2D eigenvalue weighted by Crippen LogP contribution is 2.45. The fourth-order valence-corrected chi connectivity index (χ4v) is 13.7. The smallest absolute Gasteiger partial charge is 0.165 e. The molecule has 278 valence electrons. The summed E-state index contributed by atoms with van der Waals surface area (Å²) in [6.45, 7) is 0. The first-order valence-electron chi connectivity index (χ1n) is 20.1. The molecule has 0 bridgehead atoms. The van der Waals surface area contributed by atoms with Crippen LogP contribution >= 0.6 is 19.2 Å². The van der Waals surface area contributed by atoms with Gasteiger partial charge in [0.25, 0.3) is 0 Å². The molecule has 0 unspecified atom stereocenters. The molecule has 0 saturated carbocycles. The number of nitrogens with zero attached hydrogens (tertiary/aromatic N) is 3. The summed E-state index contributed by atoms with van der Waals surface area (Å²) >= 11 is -2.41. The van der Waals surface area contributed by atoms with Gasteiger partial charge in [0.2, 0.25) is 0 Å². The summed E-state index contributed by atoms with van der Waals surface area (Å²) in [4.78, 5) is 5.49. The monoisotopic (exact) mass is 865 g/mol. The Morgan fingerprint density at radius 3 is 1.59 bits per heavy atom. The molecule has 12 rings (SSSR count). The molecule has 0 atom stereocenters. The summed E-state index contributed by atoms with van der Waals surface area (Å²) in [6.07, 6.45) is 0. The van der Waals surface area contributed by atoms with Crippen molar-refractivity contribution in [2.45, 2.75) is 4.55 Å². The van der Waals surface area contributed by atoms with Crippen LogP contribution in [0.15, 0.2) is 214 Å². The van der Waals surface area contributed by atoms with Gasteiger partial charge in [-0.05, 0) is 84.2 Å². The van der Waals surface area contributed by atoms with E-state index in [2.05, 4.69) is 211 Å². The molecule has 0 saturated heterocycles. The summed E-state index contributed by atoms with van der Waals surface area (Å²) in [5.41, 5.74) is 9.48. The molecule has 11 aromatic rings. The highest BCUT2D eigenvalue weighted by molar-refractivity contribution is 14.2. The molecule has 1 aliphatic heterocycles. The Morgan fingerprint density at radius 2 is 0.881 bits per heavy atom. The summed E-state index contributed by atoms with van der Waals surface area (Å²) in [5, 5.41) is 12.9. The van der Waals surface area contributed by atoms with Crippen molar-refractivity contribution in [3.8, 4) is 22.3 Å². The van der Waals surface area contributed by atoms with Crippen LogP contribution < -0.4 is 0 Å². The third-order valence-electron chi connectivity index (χ3n) is 11.9. The van der Waals surface area contributed by atoms with Gasteiger partial charge in [-0.1, -0.05) is 182 Å². The third kappa shape index (κ3) is 5.70. The van der Waals surface area contributed by atoms with Gasteiger partial charge in [-0.3, -0.25) is 0 Å². The minimum atomic E-state index is -2.41. The molecule has 0 spiro atoms. The first-order valence-corrected chi connectivity index (χ1v) is 23.6. The van der Waals surface area contributed by atoms with Gasteiger partial charge in [-0.2, -0.15) is 0 Å². The van der Waals surface area contributed by atoms with Crippen LogP contribution in [-0.2, 0) is 4.55 Å². The molecule has 4 heteroatoms. The number of rotatable bonds is 6. The molecule has 1 aliphatic rings. The van der Waals surface area contributed by atoms with Crippen LogP contribution in [0.3, 0.4) is 0 Å². The second-order valence-corrected chi connectivity index (χ2v) is 19.4. The van der Waals surface area contributed by atoms with Crippen molar-refractivity contribution < 1.29 is 0 Å². The van der Waals surface area contributed by atoms with Crippen molar-refractivity contribution in [2.75, 3.05) is 0 Å². The predicted octanol–water partition coefficient (Wildman–Crippen LogP) is 15.0. The van der Waals surface area contributed by atoms with Gasteiger partial charge in [-0.25, -0.2) is 8.14 Å². The van der Waals surface area contributed by atoms with Gasteiger partial charge in [0.1, 0.15) is 3.63 Å². The Bertz CT molecular complexity index is 3580. The Kier molecular flexibility index (Phi) is 8.05. The van der Waals surface area contributed by atoms with E-state index in [9.17, 15) is 0 Å². The van der Waals surface area contributed by atoms with E-state index >= 15 is 0 Å². The van der Waals surface area contributed by atoms with E-state index in [0.29, 0.717) is 0 Å². The Hall–Kier alpha value is -6.89. The Labute approximate surface area is 348 Å². The molecule has 0 N–H and O–H groups in total. The number of halogens is 1. The lowest BCUT2D eigenvalue weighted by Gasteiger charge is -2.12. The summed E-state index contributed by atoms with van der Waals surface area (Å²) in [6, 6.07) is 75.1.